The minimum Gasteiger partial charge on any atom is -0.478 e. The molecule has 26 heavy (non-hydrogen) atoms. The largest absolute Gasteiger partial charge is 0.478 e. The summed E-state index contributed by atoms with van der Waals surface area (Å²) in [5.41, 5.74) is -0.0985. The number of aliphatic carboxylic acids is 1. The number of hydrogen-bond acceptors (Lipinski definition) is 7. The fraction of sp³-hybridized carbons (Fsp3) is 0.833. The van der Waals surface area contributed by atoms with Crippen molar-refractivity contribution in [1.82, 2.24) is 0 Å². The summed E-state index contributed by atoms with van der Waals surface area (Å²) in [4.78, 5) is 9.25. The molecule has 0 bridgehead atoms. The molecule has 150 valence electrons. The minimum absolute atomic E-state index is 0.0985. The number of carboxylic acids is 1. The number of rotatable bonds is 14. The monoisotopic (exact) mass is 374 g/mol. The maximum Gasteiger partial charge on any atom is 0.327 e. The Morgan fingerprint density at radius 2 is 1.31 bits per heavy atom. The van der Waals surface area contributed by atoms with Gasteiger partial charge in [-0.25, -0.2) is 4.79 Å². The molecular formula is C18H30O8. The van der Waals surface area contributed by atoms with Crippen molar-refractivity contribution in [2.24, 2.45) is 5.41 Å². The molecule has 3 saturated heterocycles. The molecule has 3 atom stereocenters. The standard InChI is InChI=1S/C15H26O6.C3H4O2/c1-2-15(9-16-3-12-6-19-12,10-17-4-13-7-20-13)11-18-5-14-8-21-14;1-2-3(4)5/h12-14H,2-11H2,1H3;2H,1H2,(H,4,5). The van der Waals surface area contributed by atoms with Crippen molar-refractivity contribution >= 4 is 5.97 Å². The van der Waals surface area contributed by atoms with Gasteiger partial charge in [0.15, 0.2) is 0 Å². The van der Waals surface area contributed by atoms with Crippen molar-refractivity contribution < 1.29 is 38.3 Å². The maximum atomic E-state index is 9.25. The third-order valence-electron chi connectivity index (χ3n) is 4.27. The van der Waals surface area contributed by atoms with Crippen LogP contribution in [0.15, 0.2) is 12.7 Å². The molecule has 0 radical (unpaired) electrons. The van der Waals surface area contributed by atoms with Gasteiger partial charge >= 0.3 is 5.97 Å². The Morgan fingerprint density at radius 3 is 1.50 bits per heavy atom. The van der Waals surface area contributed by atoms with Crippen LogP contribution in [0.2, 0.25) is 0 Å². The molecule has 3 heterocycles. The van der Waals surface area contributed by atoms with E-state index in [9.17, 15) is 4.79 Å². The van der Waals surface area contributed by atoms with Gasteiger partial charge in [0, 0.05) is 11.5 Å². The molecular weight excluding hydrogens is 344 g/mol. The highest BCUT2D eigenvalue weighted by atomic mass is 16.6. The van der Waals surface area contributed by atoms with Gasteiger partial charge in [-0.15, -0.1) is 0 Å². The van der Waals surface area contributed by atoms with Crippen LogP contribution in [0.4, 0.5) is 0 Å². The Labute approximate surface area is 154 Å². The van der Waals surface area contributed by atoms with Gasteiger partial charge in [0.1, 0.15) is 18.3 Å². The third-order valence-corrected chi connectivity index (χ3v) is 4.27. The van der Waals surface area contributed by atoms with Crippen molar-refractivity contribution in [1.29, 1.82) is 0 Å². The predicted molar refractivity (Wildman–Crippen MR) is 92.2 cm³/mol. The van der Waals surface area contributed by atoms with Gasteiger partial charge in [0.05, 0.1) is 59.5 Å². The Balaban J connectivity index is 0.000000431. The molecule has 0 aromatic rings. The van der Waals surface area contributed by atoms with E-state index >= 15 is 0 Å². The summed E-state index contributed by atoms with van der Waals surface area (Å²) in [6.07, 6.45) is 2.67. The van der Waals surface area contributed by atoms with Crippen LogP contribution in [0.1, 0.15) is 13.3 Å². The first-order chi connectivity index (χ1) is 12.6. The minimum atomic E-state index is -0.981. The number of carbonyl (C=O) groups is 1. The van der Waals surface area contributed by atoms with Crippen molar-refractivity contribution in [2.75, 3.05) is 59.5 Å². The molecule has 0 saturated carbocycles. The topological polar surface area (TPSA) is 103 Å². The fourth-order valence-electron chi connectivity index (χ4n) is 2.14. The Morgan fingerprint density at radius 1 is 1.00 bits per heavy atom. The van der Waals surface area contributed by atoms with Gasteiger partial charge in [0.25, 0.3) is 0 Å². The predicted octanol–water partition coefficient (Wildman–Crippen LogP) is 0.886. The average molecular weight is 374 g/mol. The van der Waals surface area contributed by atoms with Crippen LogP contribution in [0.25, 0.3) is 0 Å². The van der Waals surface area contributed by atoms with Gasteiger partial charge in [-0.2, -0.15) is 0 Å². The molecule has 0 amide bonds. The van der Waals surface area contributed by atoms with Gasteiger partial charge in [-0.05, 0) is 6.42 Å². The summed E-state index contributed by atoms with van der Waals surface area (Å²) < 4.78 is 33.0. The van der Waals surface area contributed by atoms with E-state index < -0.39 is 5.97 Å². The average Bonchev–Trinajstić information content (AvgIpc) is 3.47. The van der Waals surface area contributed by atoms with Crippen molar-refractivity contribution in [3.63, 3.8) is 0 Å². The van der Waals surface area contributed by atoms with E-state index in [1.165, 1.54) is 0 Å². The lowest BCUT2D eigenvalue weighted by atomic mass is 9.88. The summed E-state index contributed by atoms with van der Waals surface area (Å²) in [5.74, 6) is -0.981. The highest BCUT2D eigenvalue weighted by Crippen LogP contribution is 2.26. The van der Waals surface area contributed by atoms with E-state index in [0.717, 1.165) is 32.3 Å². The van der Waals surface area contributed by atoms with Crippen LogP contribution in [0, 0.1) is 5.41 Å². The quantitative estimate of drug-likeness (QED) is 0.353. The lowest BCUT2D eigenvalue weighted by Crippen LogP contribution is -2.38. The van der Waals surface area contributed by atoms with E-state index in [2.05, 4.69) is 13.5 Å². The Kier molecular flexibility index (Phi) is 8.97. The molecule has 8 heteroatoms. The molecule has 1 N–H and O–H groups in total. The second kappa shape index (κ2) is 11.0. The second-order valence-electron chi connectivity index (χ2n) is 6.81. The molecule has 0 aromatic heterocycles. The van der Waals surface area contributed by atoms with Crippen LogP contribution in [0.3, 0.4) is 0 Å². The first kappa shape index (κ1) is 21.3. The summed E-state index contributed by atoms with van der Waals surface area (Å²) in [6.45, 7) is 11.5. The highest BCUT2D eigenvalue weighted by Gasteiger charge is 2.34. The summed E-state index contributed by atoms with van der Waals surface area (Å²) >= 11 is 0. The highest BCUT2D eigenvalue weighted by molar-refractivity contribution is 5.78. The lowest BCUT2D eigenvalue weighted by molar-refractivity contribution is -0.131. The number of epoxide rings is 3. The van der Waals surface area contributed by atoms with E-state index in [-0.39, 0.29) is 5.41 Å². The van der Waals surface area contributed by atoms with Crippen LogP contribution in [0.5, 0.6) is 0 Å². The molecule has 3 aliphatic rings. The molecule has 0 aliphatic carbocycles. The molecule has 3 rings (SSSR count). The lowest BCUT2D eigenvalue weighted by Gasteiger charge is -2.32. The van der Waals surface area contributed by atoms with Crippen LogP contribution in [-0.4, -0.2) is 88.8 Å². The summed E-state index contributed by atoms with van der Waals surface area (Å²) in [5, 5.41) is 7.60. The zero-order valence-electron chi connectivity index (χ0n) is 15.4. The molecule has 0 spiro atoms. The summed E-state index contributed by atoms with van der Waals surface area (Å²) in [6, 6.07) is 0. The van der Waals surface area contributed by atoms with Gasteiger partial charge in [-0.3, -0.25) is 0 Å². The Bertz CT molecular complexity index is 383. The van der Waals surface area contributed by atoms with Crippen molar-refractivity contribution in [3.8, 4) is 0 Å². The van der Waals surface area contributed by atoms with E-state index in [1.807, 2.05) is 0 Å². The SMILES string of the molecule is C=CC(=O)O.CCC(COCC1CO1)(COCC1CO1)COCC1CO1. The van der Waals surface area contributed by atoms with E-state index in [1.54, 1.807) is 0 Å². The fourth-order valence-corrected chi connectivity index (χ4v) is 2.14. The first-order valence-corrected chi connectivity index (χ1v) is 9.00. The van der Waals surface area contributed by atoms with Crippen LogP contribution >= 0.6 is 0 Å². The molecule has 3 fully saturated rings. The zero-order chi connectivity index (χ0) is 18.8. The number of ether oxygens (including phenoxy) is 6. The maximum absolute atomic E-state index is 9.25. The van der Waals surface area contributed by atoms with E-state index in [4.69, 9.17) is 33.5 Å². The van der Waals surface area contributed by atoms with Gasteiger partial charge in [-0.1, -0.05) is 13.5 Å². The number of carboxylic acid groups (broad SMARTS) is 1. The molecule has 8 nitrogen and oxygen atoms in total. The normalized spacial score (nSPS) is 27.7. The molecule has 3 aliphatic heterocycles. The van der Waals surface area contributed by atoms with Gasteiger partial charge in [0.2, 0.25) is 0 Å². The van der Waals surface area contributed by atoms with Crippen molar-refractivity contribution in [3.05, 3.63) is 12.7 Å². The second-order valence-corrected chi connectivity index (χ2v) is 6.81. The number of hydrogen-bond donors (Lipinski definition) is 1. The first-order valence-electron chi connectivity index (χ1n) is 9.00. The van der Waals surface area contributed by atoms with Gasteiger partial charge < -0.3 is 33.5 Å². The van der Waals surface area contributed by atoms with Crippen LogP contribution in [-0.2, 0) is 33.2 Å². The molecule has 3 unspecified atom stereocenters. The van der Waals surface area contributed by atoms with Crippen LogP contribution < -0.4 is 0 Å². The van der Waals surface area contributed by atoms with E-state index in [0.29, 0.717) is 58.0 Å². The Hall–Kier alpha value is -1.03. The third kappa shape index (κ3) is 9.61. The zero-order valence-corrected chi connectivity index (χ0v) is 15.4. The smallest absolute Gasteiger partial charge is 0.327 e. The summed E-state index contributed by atoms with van der Waals surface area (Å²) in [7, 11) is 0. The van der Waals surface area contributed by atoms with Crippen molar-refractivity contribution in [2.45, 2.75) is 31.7 Å². The molecule has 0 aromatic carbocycles.